The maximum absolute atomic E-state index is 10.7. The molecule has 3 heteroatoms. The lowest BCUT2D eigenvalue weighted by Crippen LogP contribution is -1.90. The number of ether oxygens (including phenoxy) is 1. The number of phenols is 1. The first-order valence-electron chi connectivity index (χ1n) is 7.06. The SMILES string of the molecule is Oc1c(Oc2ccccn2)c2ccccc2c2ccccc12. The van der Waals surface area contributed by atoms with Gasteiger partial charge >= 0.3 is 0 Å². The van der Waals surface area contributed by atoms with Gasteiger partial charge in [0.25, 0.3) is 0 Å². The molecule has 0 aliphatic rings. The summed E-state index contributed by atoms with van der Waals surface area (Å²) < 4.78 is 5.87. The van der Waals surface area contributed by atoms with E-state index in [4.69, 9.17) is 4.74 Å². The number of phenolic OH excluding ortho intramolecular Hbond substituents is 1. The first-order valence-corrected chi connectivity index (χ1v) is 7.06. The Hall–Kier alpha value is -3.07. The van der Waals surface area contributed by atoms with Crippen LogP contribution >= 0.6 is 0 Å². The Bertz CT molecular complexity index is 965. The Balaban J connectivity index is 2.05. The fourth-order valence-corrected chi connectivity index (χ4v) is 2.71. The van der Waals surface area contributed by atoms with Crippen LogP contribution in [0.4, 0.5) is 0 Å². The topological polar surface area (TPSA) is 42.4 Å². The number of aromatic nitrogens is 1. The number of aromatic hydroxyl groups is 1. The van der Waals surface area contributed by atoms with Crippen molar-refractivity contribution in [1.29, 1.82) is 0 Å². The minimum atomic E-state index is 0.139. The van der Waals surface area contributed by atoms with Crippen LogP contribution in [0.25, 0.3) is 21.5 Å². The number of pyridine rings is 1. The predicted molar refractivity (Wildman–Crippen MR) is 87.4 cm³/mol. The zero-order chi connectivity index (χ0) is 14.9. The van der Waals surface area contributed by atoms with Crippen LogP contribution in [0.5, 0.6) is 17.4 Å². The van der Waals surface area contributed by atoms with Crippen molar-refractivity contribution in [3.8, 4) is 17.4 Å². The van der Waals surface area contributed by atoms with E-state index >= 15 is 0 Å². The summed E-state index contributed by atoms with van der Waals surface area (Å²) in [4.78, 5) is 4.17. The molecule has 4 aromatic rings. The fourth-order valence-electron chi connectivity index (χ4n) is 2.71. The average molecular weight is 287 g/mol. The molecular formula is C19H13NO2. The summed E-state index contributed by atoms with van der Waals surface area (Å²) in [6, 6.07) is 21.1. The van der Waals surface area contributed by atoms with Crippen molar-refractivity contribution < 1.29 is 9.84 Å². The smallest absolute Gasteiger partial charge is 0.219 e. The lowest BCUT2D eigenvalue weighted by atomic mass is 10.00. The van der Waals surface area contributed by atoms with Gasteiger partial charge in [-0.3, -0.25) is 0 Å². The van der Waals surface area contributed by atoms with Crippen LogP contribution < -0.4 is 4.74 Å². The van der Waals surface area contributed by atoms with Gasteiger partial charge in [-0.15, -0.1) is 0 Å². The van der Waals surface area contributed by atoms with E-state index in [0.29, 0.717) is 11.6 Å². The van der Waals surface area contributed by atoms with E-state index in [2.05, 4.69) is 4.98 Å². The van der Waals surface area contributed by atoms with Crippen LogP contribution in [-0.4, -0.2) is 10.1 Å². The van der Waals surface area contributed by atoms with Gasteiger partial charge in [0.15, 0.2) is 11.5 Å². The predicted octanol–water partition coefficient (Wildman–Crippen LogP) is 4.89. The molecule has 4 rings (SSSR count). The maximum atomic E-state index is 10.7. The van der Waals surface area contributed by atoms with Gasteiger partial charge in [-0.25, -0.2) is 4.98 Å². The largest absolute Gasteiger partial charge is 0.504 e. The van der Waals surface area contributed by atoms with E-state index in [9.17, 15) is 5.11 Å². The van der Waals surface area contributed by atoms with E-state index in [1.54, 1.807) is 12.3 Å². The molecule has 0 atom stereocenters. The van der Waals surface area contributed by atoms with Crippen molar-refractivity contribution in [1.82, 2.24) is 4.98 Å². The highest BCUT2D eigenvalue weighted by atomic mass is 16.5. The molecule has 0 saturated heterocycles. The molecular weight excluding hydrogens is 274 g/mol. The van der Waals surface area contributed by atoms with Crippen LogP contribution in [-0.2, 0) is 0 Å². The Labute approximate surface area is 127 Å². The number of hydrogen-bond acceptors (Lipinski definition) is 3. The van der Waals surface area contributed by atoms with Crippen LogP contribution in [0, 0.1) is 0 Å². The van der Waals surface area contributed by atoms with Crippen molar-refractivity contribution in [3.63, 3.8) is 0 Å². The fraction of sp³-hybridized carbons (Fsp3) is 0. The van der Waals surface area contributed by atoms with Crippen LogP contribution in [0.15, 0.2) is 72.9 Å². The van der Waals surface area contributed by atoms with Crippen molar-refractivity contribution in [3.05, 3.63) is 72.9 Å². The Morgan fingerprint density at radius 2 is 1.27 bits per heavy atom. The minimum absolute atomic E-state index is 0.139. The Kier molecular flexibility index (Phi) is 2.90. The summed E-state index contributed by atoms with van der Waals surface area (Å²) in [5.41, 5.74) is 0. The third-order valence-corrected chi connectivity index (χ3v) is 3.70. The van der Waals surface area contributed by atoms with Crippen LogP contribution in [0.2, 0.25) is 0 Å². The van der Waals surface area contributed by atoms with Gasteiger partial charge < -0.3 is 9.84 Å². The summed E-state index contributed by atoms with van der Waals surface area (Å²) in [6.45, 7) is 0. The first-order chi connectivity index (χ1) is 10.8. The molecule has 0 fully saturated rings. The van der Waals surface area contributed by atoms with Crippen molar-refractivity contribution in [2.75, 3.05) is 0 Å². The summed E-state index contributed by atoms with van der Waals surface area (Å²) in [6.07, 6.45) is 1.66. The maximum Gasteiger partial charge on any atom is 0.219 e. The molecule has 106 valence electrons. The Morgan fingerprint density at radius 3 is 1.95 bits per heavy atom. The standard InChI is InChI=1S/C19H13NO2/c21-18-15-9-3-1-7-13(15)14-8-2-4-10-16(14)19(18)22-17-11-5-6-12-20-17/h1-12,21H. The summed E-state index contributed by atoms with van der Waals surface area (Å²) in [5, 5.41) is 14.3. The van der Waals surface area contributed by atoms with E-state index in [1.807, 2.05) is 60.7 Å². The third kappa shape index (κ3) is 1.95. The number of rotatable bonds is 2. The van der Waals surface area contributed by atoms with Crippen molar-refractivity contribution in [2.45, 2.75) is 0 Å². The van der Waals surface area contributed by atoms with E-state index in [-0.39, 0.29) is 5.75 Å². The second kappa shape index (κ2) is 5.04. The van der Waals surface area contributed by atoms with E-state index < -0.39 is 0 Å². The second-order valence-corrected chi connectivity index (χ2v) is 5.04. The molecule has 0 spiro atoms. The summed E-state index contributed by atoms with van der Waals surface area (Å²) in [7, 11) is 0. The van der Waals surface area contributed by atoms with E-state index in [1.165, 1.54) is 0 Å². The second-order valence-electron chi connectivity index (χ2n) is 5.04. The zero-order valence-corrected chi connectivity index (χ0v) is 11.7. The molecule has 0 aliphatic heterocycles. The van der Waals surface area contributed by atoms with Gasteiger partial charge in [-0.1, -0.05) is 54.6 Å². The van der Waals surface area contributed by atoms with Crippen molar-refractivity contribution >= 4 is 21.5 Å². The number of benzene rings is 3. The lowest BCUT2D eigenvalue weighted by molar-refractivity contribution is 0.411. The van der Waals surface area contributed by atoms with Gasteiger partial charge in [0.2, 0.25) is 5.88 Å². The van der Waals surface area contributed by atoms with Gasteiger partial charge in [-0.05, 0) is 16.8 Å². The monoisotopic (exact) mass is 287 g/mol. The number of nitrogens with zero attached hydrogens (tertiary/aromatic N) is 1. The molecule has 22 heavy (non-hydrogen) atoms. The van der Waals surface area contributed by atoms with Gasteiger partial charge in [0, 0.05) is 23.0 Å². The lowest BCUT2D eigenvalue weighted by Gasteiger charge is -2.13. The normalized spacial score (nSPS) is 10.9. The molecule has 0 radical (unpaired) electrons. The summed E-state index contributed by atoms with van der Waals surface area (Å²) >= 11 is 0. The van der Waals surface area contributed by atoms with Crippen LogP contribution in [0.1, 0.15) is 0 Å². The zero-order valence-electron chi connectivity index (χ0n) is 11.7. The van der Waals surface area contributed by atoms with E-state index in [0.717, 1.165) is 21.5 Å². The highest BCUT2D eigenvalue weighted by molar-refractivity contribution is 6.13. The third-order valence-electron chi connectivity index (χ3n) is 3.70. The van der Waals surface area contributed by atoms with Crippen molar-refractivity contribution in [2.24, 2.45) is 0 Å². The van der Waals surface area contributed by atoms with Crippen LogP contribution in [0.3, 0.4) is 0 Å². The summed E-state index contributed by atoms with van der Waals surface area (Å²) in [5.74, 6) is 1.03. The van der Waals surface area contributed by atoms with Gasteiger partial charge in [0.1, 0.15) is 0 Å². The molecule has 1 aromatic heterocycles. The minimum Gasteiger partial charge on any atom is -0.504 e. The molecule has 0 unspecified atom stereocenters. The molecule has 1 heterocycles. The highest BCUT2D eigenvalue weighted by Crippen LogP contribution is 2.44. The average Bonchev–Trinajstić information content (AvgIpc) is 2.59. The molecule has 0 saturated carbocycles. The number of fused-ring (bicyclic) bond motifs is 3. The van der Waals surface area contributed by atoms with Gasteiger partial charge in [-0.2, -0.15) is 0 Å². The molecule has 3 aromatic carbocycles. The quantitative estimate of drug-likeness (QED) is 0.534. The first kappa shape index (κ1) is 12.7. The Morgan fingerprint density at radius 1 is 0.682 bits per heavy atom. The van der Waals surface area contributed by atoms with Gasteiger partial charge in [0.05, 0.1) is 0 Å². The highest BCUT2D eigenvalue weighted by Gasteiger charge is 2.15. The number of hydrogen-bond donors (Lipinski definition) is 1. The molecule has 3 nitrogen and oxygen atoms in total. The molecule has 0 amide bonds. The molecule has 1 N–H and O–H groups in total. The molecule has 0 bridgehead atoms. The molecule has 0 aliphatic carbocycles.